The standard InChI is InChI=1S/C56H84O/c1-16-18-19-20-23-29-39(3)45(28-17-2)34-41(5)50-46(36-49-52(50)55(49,13)14)42(6)48(54(10,11)12)35-40(4)47(37-56(15,57)38-53(7,8)9)51(43-30-24-21-25-31-43)44-32-26-22-27-33-44/h16,21-22,24-27,30-33,45-52,57H,1,3-6,17-20,23,28-29,34-38H2,2,7-15H3. The fraction of sp³-hybridized carbons (Fsp3) is 0.607. The Morgan fingerprint density at radius 3 is 1.91 bits per heavy atom. The molecule has 2 aromatic carbocycles. The molecule has 0 aromatic heterocycles. The fourth-order valence-corrected chi connectivity index (χ4v) is 11.6. The van der Waals surface area contributed by atoms with Gasteiger partial charge >= 0.3 is 0 Å². The van der Waals surface area contributed by atoms with Gasteiger partial charge in [-0.25, -0.2) is 0 Å². The van der Waals surface area contributed by atoms with Crippen molar-refractivity contribution in [1.82, 2.24) is 0 Å². The van der Waals surface area contributed by atoms with Crippen molar-refractivity contribution in [2.45, 2.75) is 158 Å². The third-order valence-electron chi connectivity index (χ3n) is 14.3. The summed E-state index contributed by atoms with van der Waals surface area (Å²) in [7, 11) is 0. The Labute approximate surface area is 352 Å². The van der Waals surface area contributed by atoms with Gasteiger partial charge in [-0.1, -0.05) is 191 Å². The van der Waals surface area contributed by atoms with Crippen LogP contribution >= 0.6 is 0 Å². The van der Waals surface area contributed by atoms with Gasteiger partial charge in [0, 0.05) is 5.92 Å². The molecule has 2 saturated carbocycles. The van der Waals surface area contributed by atoms with E-state index in [-0.39, 0.29) is 28.6 Å². The molecule has 1 N–H and O–H groups in total. The average molecular weight is 773 g/mol. The maximum Gasteiger partial charge on any atom is 0.0630 e. The van der Waals surface area contributed by atoms with Crippen LogP contribution in [0.4, 0.5) is 0 Å². The summed E-state index contributed by atoms with van der Waals surface area (Å²) in [5, 5.41) is 12.2. The number of hydrogen-bond acceptors (Lipinski definition) is 1. The Morgan fingerprint density at radius 2 is 1.40 bits per heavy atom. The Hall–Kier alpha value is -2.90. The number of benzene rings is 2. The summed E-state index contributed by atoms with van der Waals surface area (Å²) in [6.45, 7) is 47.0. The van der Waals surface area contributed by atoms with Crippen molar-refractivity contribution in [3.8, 4) is 0 Å². The average Bonchev–Trinajstić information content (AvgIpc) is 3.42. The fourth-order valence-electron chi connectivity index (χ4n) is 11.6. The summed E-state index contributed by atoms with van der Waals surface area (Å²) in [4.78, 5) is 0. The number of hydrogen-bond donors (Lipinski definition) is 1. The molecule has 2 aliphatic carbocycles. The minimum Gasteiger partial charge on any atom is -0.390 e. The van der Waals surface area contributed by atoms with Crippen molar-refractivity contribution in [2.24, 2.45) is 57.7 Å². The molecule has 1 nitrogen and oxygen atoms in total. The number of rotatable bonds is 23. The van der Waals surface area contributed by atoms with Crippen molar-refractivity contribution in [3.63, 3.8) is 0 Å². The van der Waals surface area contributed by atoms with E-state index in [4.69, 9.17) is 19.7 Å². The minimum absolute atomic E-state index is 0.00495. The van der Waals surface area contributed by atoms with E-state index < -0.39 is 5.60 Å². The molecule has 2 fully saturated rings. The Morgan fingerprint density at radius 1 is 0.825 bits per heavy atom. The third-order valence-corrected chi connectivity index (χ3v) is 14.3. The summed E-state index contributed by atoms with van der Waals surface area (Å²) in [6.07, 6.45) is 14.8. The largest absolute Gasteiger partial charge is 0.390 e. The topological polar surface area (TPSA) is 20.2 Å². The first kappa shape index (κ1) is 46.8. The predicted octanol–water partition coefficient (Wildman–Crippen LogP) is 16.1. The third kappa shape index (κ3) is 12.3. The normalized spacial score (nSPS) is 22.9. The summed E-state index contributed by atoms with van der Waals surface area (Å²) < 4.78 is 0. The van der Waals surface area contributed by atoms with Crippen LogP contribution < -0.4 is 0 Å². The molecule has 1 heteroatoms. The summed E-state index contributed by atoms with van der Waals surface area (Å²) in [6, 6.07) is 21.9. The van der Waals surface area contributed by atoms with Crippen molar-refractivity contribution in [1.29, 1.82) is 0 Å². The molecule has 0 bridgehead atoms. The smallest absolute Gasteiger partial charge is 0.0630 e. The molecule has 0 radical (unpaired) electrons. The highest BCUT2D eigenvalue weighted by Gasteiger charge is 2.67. The first-order valence-electron chi connectivity index (χ1n) is 22.8. The number of unbranched alkanes of at least 4 members (excludes halogenated alkanes) is 3. The number of fused-ring (bicyclic) bond motifs is 1. The molecular formula is C56H84O. The lowest BCUT2D eigenvalue weighted by molar-refractivity contribution is -0.00115. The first-order chi connectivity index (χ1) is 26.6. The molecule has 0 spiro atoms. The van der Waals surface area contributed by atoms with Crippen LogP contribution in [0, 0.1) is 57.7 Å². The lowest BCUT2D eigenvalue weighted by Gasteiger charge is -2.42. The van der Waals surface area contributed by atoms with E-state index in [9.17, 15) is 5.11 Å². The van der Waals surface area contributed by atoms with Crippen molar-refractivity contribution >= 4 is 0 Å². The maximum absolute atomic E-state index is 12.2. The lowest BCUT2D eigenvalue weighted by atomic mass is 9.63. The van der Waals surface area contributed by atoms with Gasteiger partial charge in [0.25, 0.3) is 0 Å². The van der Waals surface area contributed by atoms with Gasteiger partial charge in [0.05, 0.1) is 5.60 Å². The molecule has 0 aliphatic heterocycles. The van der Waals surface area contributed by atoms with Gasteiger partial charge in [0.2, 0.25) is 0 Å². The van der Waals surface area contributed by atoms with Crippen molar-refractivity contribution in [3.05, 3.63) is 133 Å². The zero-order chi connectivity index (χ0) is 42.3. The van der Waals surface area contributed by atoms with E-state index >= 15 is 0 Å². The second-order valence-corrected chi connectivity index (χ2v) is 21.9. The summed E-state index contributed by atoms with van der Waals surface area (Å²) >= 11 is 0. The van der Waals surface area contributed by atoms with E-state index in [1.807, 2.05) is 6.08 Å². The van der Waals surface area contributed by atoms with Crippen LogP contribution in [-0.4, -0.2) is 10.7 Å². The van der Waals surface area contributed by atoms with Crippen LogP contribution in [0.3, 0.4) is 0 Å². The lowest BCUT2D eigenvalue weighted by Crippen LogP contribution is -2.36. The zero-order valence-corrected chi connectivity index (χ0v) is 38.4. The summed E-state index contributed by atoms with van der Waals surface area (Å²) in [5.74, 6) is 3.17. The quantitative estimate of drug-likeness (QED) is 0.0881. The van der Waals surface area contributed by atoms with Crippen LogP contribution in [0.2, 0.25) is 0 Å². The van der Waals surface area contributed by atoms with Gasteiger partial charge in [-0.3, -0.25) is 0 Å². The summed E-state index contributed by atoms with van der Waals surface area (Å²) in [5.41, 5.74) is 7.56. The minimum atomic E-state index is -0.853. The monoisotopic (exact) mass is 773 g/mol. The van der Waals surface area contributed by atoms with Crippen molar-refractivity contribution < 1.29 is 5.11 Å². The Kier molecular flexibility index (Phi) is 16.0. The van der Waals surface area contributed by atoms with E-state index in [1.165, 1.54) is 71.9 Å². The molecule has 4 rings (SSSR count). The number of allylic oxidation sites excluding steroid dienone is 5. The molecule has 2 aliphatic rings. The Balaban J connectivity index is 1.67. The van der Waals surface area contributed by atoms with Crippen LogP contribution in [0.25, 0.3) is 0 Å². The van der Waals surface area contributed by atoms with Crippen LogP contribution in [-0.2, 0) is 0 Å². The molecule has 314 valence electrons. The van der Waals surface area contributed by atoms with E-state index in [0.717, 1.165) is 38.0 Å². The second-order valence-electron chi connectivity index (χ2n) is 21.9. The molecule has 8 atom stereocenters. The highest BCUT2D eigenvalue weighted by Crippen LogP contribution is 2.73. The molecule has 0 amide bonds. The number of aliphatic hydroxyl groups is 1. The molecule has 0 heterocycles. The molecule has 8 unspecified atom stereocenters. The highest BCUT2D eigenvalue weighted by molar-refractivity contribution is 5.37. The molecule has 57 heavy (non-hydrogen) atoms. The van der Waals surface area contributed by atoms with Gasteiger partial charge in [0.1, 0.15) is 0 Å². The van der Waals surface area contributed by atoms with Crippen LogP contribution in [0.15, 0.2) is 122 Å². The first-order valence-corrected chi connectivity index (χ1v) is 22.8. The SMILES string of the molecule is C=CCCCCCC(=C)C(CCC)CC(=C)C1C(C(=C)C(CC(=C)C(CC(C)(O)CC(C)(C)C)C(c2ccccc2)c2ccccc2)C(C)(C)C)CC2C1C2(C)C. The van der Waals surface area contributed by atoms with E-state index in [2.05, 4.69) is 143 Å². The predicted molar refractivity (Wildman–Crippen MR) is 250 cm³/mol. The van der Waals surface area contributed by atoms with Crippen molar-refractivity contribution in [2.75, 3.05) is 0 Å². The molecule has 2 aromatic rings. The van der Waals surface area contributed by atoms with Gasteiger partial charge < -0.3 is 5.11 Å². The van der Waals surface area contributed by atoms with Gasteiger partial charge in [0.15, 0.2) is 0 Å². The zero-order valence-electron chi connectivity index (χ0n) is 38.4. The Bertz CT molecular complexity index is 1600. The van der Waals surface area contributed by atoms with Gasteiger partial charge in [-0.2, -0.15) is 0 Å². The van der Waals surface area contributed by atoms with Crippen LogP contribution in [0.1, 0.15) is 163 Å². The molecule has 0 saturated heterocycles. The van der Waals surface area contributed by atoms with E-state index in [1.54, 1.807) is 0 Å². The van der Waals surface area contributed by atoms with Gasteiger partial charge in [-0.15, -0.1) is 6.58 Å². The van der Waals surface area contributed by atoms with E-state index in [0.29, 0.717) is 35.5 Å². The molecular weight excluding hydrogens is 689 g/mol. The second kappa shape index (κ2) is 19.4. The highest BCUT2D eigenvalue weighted by atomic mass is 16.3. The van der Waals surface area contributed by atoms with Crippen LogP contribution in [0.5, 0.6) is 0 Å². The van der Waals surface area contributed by atoms with Gasteiger partial charge in [-0.05, 0) is 140 Å². The maximum atomic E-state index is 12.2.